The van der Waals surface area contributed by atoms with Crippen LogP contribution < -0.4 is 0 Å². The molecule has 0 aromatic heterocycles. The van der Waals surface area contributed by atoms with Crippen LogP contribution in [0.15, 0.2) is 45.7 Å². The first-order valence-corrected chi connectivity index (χ1v) is 6.48. The van der Waals surface area contributed by atoms with E-state index in [1.54, 1.807) is 6.34 Å². The van der Waals surface area contributed by atoms with Gasteiger partial charge in [-0.3, -0.25) is 0 Å². The van der Waals surface area contributed by atoms with Gasteiger partial charge in [-0.15, -0.1) is 10.2 Å². The summed E-state index contributed by atoms with van der Waals surface area (Å²) < 4.78 is 0. The maximum Gasteiger partial charge on any atom is 0.115 e. The van der Waals surface area contributed by atoms with E-state index in [4.69, 9.17) is 5.21 Å². The molecule has 19 heavy (non-hydrogen) atoms. The molecular weight excluding hydrogens is 240 g/mol. The largest absolute Gasteiger partial charge is 0.411 e. The maximum absolute atomic E-state index is 8.67. The van der Waals surface area contributed by atoms with Crippen molar-refractivity contribution in [1.82, 2.24) is 4.90 Å². The van der Waals surface area contributed by atoms with Gasteiger partial charge in [-0.1, -0.05) is 35.5 Å². The van der Waals surface area contributed by atoms with Gasteiger partial charge in [0.2, 0.25) is 0 Å². The van der Waals surface area contributed by atoms with Gasteiger partial charge < -0.3 is 10.1 Å². The number of rotatable bonds is 4. The van der Waals surface area contributed by atoms with E-state index in [9.17, 15) is 0 Å². The van der Waals surface area contributed by atoms with Crippen LogP contribution in [-0.2, 0) is 0 Å². The monoisotopic (exact) mass is 258 g/mol. The average molecular weight is 258 g/mol. The number of likely N-dealkylation sites (tertiary alicyclic amines) is 1. The molecule has 0 bridgehead atoms. The lowest BCUT2D eigenvalue weighted by Crippen LogP contribution is -2.28. The minimum atomic E-state index is 0.538. The number of benzene rings is 1. The molecule has 1 aliphatic heterocycles. The molecule has 0 aliphatic carbocycles. The van der Waals surface area contributed by atoms with Crippen LogP contribution in [0.1, 0.15) is 24.8 Å². The van der Waals surface area contributed by atoms with E-state index < -0.39 is 0 Å². The SMILES string of the molecule is O/N=C/C(=N\N=C\N1CCCCC1)c1ccccc1. The van der Waals surface area contributed by atoms with Crippen LogP contribution in [0.4, 0.5) is 0 Å². The predicted octanol–water partition coefficient (Wildman–Crippen LogP) is 2.36. The topological polar surface area (TPSA) is 60.6 Å². The van der Waals surface area contributed by atoms with Gasteiger partial charge in [0.05, 0.1) is 6.21 Å². The molecule has 5 heteroatoms. The first-order chi connectivity index (χ1) is 9.40. The van der Waals surface area contributed by atoms with Crippen molar-refractivity contribution in [2.24, 2.45) is 15.4 Å². The Morgan fingerprint density at radius 3 is 2.53 bits per heavy atom. The van der Waals surface area contributed by atoms with Crippen LogP contribution in [0, 0.1) is 0 Å². The van der Waals surface area contributed by atoms with E-state index in [0.29, 0.717) is 5.71 Å². The smallest absolute Gasteiger partial charge is 0.115 e. The number of piperidine rings is 1. The van der Waals surface area contributed by atoms with Crippen molar-refractivity contribution in [3.05, 3.63) is 35.9 Å². The van der Waals surface area contributed by atoms with E-state index in [0.717, 1.165) is 18.7 Å². The van der Waals surface area contributed by atoms with Crippen molar-refractivity contribution in [2.45, 2.75) is 19.3 Å². The van der Waals surface area contributed by atoms with Gasteiger partial charge in [0.15, 0.2) is 0 Å². The van der Waals surface area contributed by atoms with E-state index >= 15 is 0 Å². The van der Waals surface area contributed by atoms with Gasteiger partial charge >= 0.3 is 0 Å². The van der Waals surface area contributed by atoms with Crippen molar-refractivity contribution in [3.63, 3.8) is 0 Å². The Balaban J connectivity index is 2.06. The summed E-state index contributed by atoms with van der Waals surface area (Å²) in [6, 6.07) is 9.54. The summed E-state index contributed by atoms with van der Waals surface area (Å²) in [4.78, 5) is 2.16. The zero-order valence-corrected chi connectivity index (χ0v) is 10.8. The molecule has 2 rings (SSSR count). The highest BCUT2D eigenvalue weighted by Crippen LogP contribution is 2.06. The van der Waals surface area contributed by atoms with E-state index in [2.05, 4.69) is 20.3 Å². The summed E-state index contributed by atoms with van der Waals surface area (Å²) in [5.74, 6) is 0. The normalized spacial score (nSPS) is 17.5. The fraction of sp³-hybridized carbons (Fsp3) is 0.357. The standard InChI is InChI=1S/C14H18N4O/c19-16-11-14(13-7-3-1-4-8-13)17-15-12-18-9-5-2-6-10-18/h1,3-4,7-8,11-12,19H,2,5-6,9-10H2/b15-12+,16-11+,17-14+. The highest BCUT2D eigenvalue weighted by molar-refractivity contribution is 6.38. The molecule has 5 nitrogen and oxygen atoms in total. The van der Waals surface area contributed by atoms with Gasteiger partial charge in [-0.05, 0) is 19.3 Å². The summed E-state index contributed by atoms with van der Waals surface area (Å²) in [5.41, 5.74) is 1.41. The molecule has 1 aromatic rings. The first kappa shape index (κ1) is 13.3. The Morgan fingerprint density at radius 1 is 1.11 bits per heavy atom. The molecule has 1 aromatic carbocycles. The van der Waals surface area contributed by atoms with Crippen LogP contribution in [0.25, 0.3) is 0 Å². The summed E-state index contributed by atoms with van der Waals surface area (Å²) in [6.07, 6.45) is 6.76. The highest BCUT2D eigenvalue weighted by atomic mass is 16.4. The van der Waals surface area contributed by atoms with Crippen LogP contribution >= 0.6 is 0 Å². The van der Waals surface area contributed by atoms with E-state index in [1.807, 2.05) is 30.3 Å². The molecule has 0 spiro atoms. The van der Waals surface area contributed by atoms with E-state index in [1.165, 1.54) is 25.5 Å². The van der Waals surface area contributed by atoms with Crippen LogP contribution in [0.2, 0.25) is 0 Å². The highest BCUT2D eigenvalue weighted by Gasteiger charge is 2.05. The molecule has 0 radical (unpaired) electrons. The van der Waals surface area contributed by atoms with Gasteiger partial charge in [0, 0.05) is 18.7 Å². The van der Waals surface area contributed by atoms with Crippen LogP contribution in [0.3, 0.4) is 0 Å². The molecule has 1 fully saturated rings. The molecule has 0 amide bonds. The van der Waals surface area contributed by atoms with Crippen LogP contribution in [-0.4, -0.2) is 41.5 Å². The molecule has 0 saturated carbocycles. The lowest BCUT2D eigenvalue weighted by atomic mass is 10.1. The van der Waals surface area contributed by atoms with Crippen molar-refractivity contribution in [2.75, 3.05) is 13.1 Å². The molecule has 0 unspecified atom stereocenters. The Morgan fingerprint density at radius 2 is 1.84 bits per heavy atom. The molecule has 1 aliphatic rings. The number of nitrogens with zero attached hydrogens (tertiary/aromatic N) is 4. The third-order valence-electron chi connectivity index (χ3n) is 3.02. The molecule has 100 valence electrons. The minimum Gasteiger partial charge on any atom is -0.411 e. The molecular formula is C14H18N4O. The summed E-state index contributed by atoms with van der Waals surface area (Å²) in [5, 5.41) is 19.9. The minimum absolute atomic E-state index is 0.538. The van der Waals surface area contributed by atoms with Gasteiger partial charge in [-0.2, -0.15) is 0 Å². The lowest BCUT2D eigenvalue weighted by Gasteiger charge is -2.23. The molecule has 1 N–H and O–H groups in total. The van der Waals surface area contributed by atoms with Crippen molar-refractivity contribution < 1.29 is 5.21 Å². The third kappa shape index (κ3) is 4.21. The van der Waals surface area contributed by atoms with Gasteiger partial charge in [0.1, 0.15) is 12.1 Å². The van der Waals surface area contributed by atoms with Crippen molar-refractivity contribution >= 4 is 18.3 Å². The average Bonchev–Trinajstić information content (AvgIpc) is 2.48. The Hall–Kier alpha value is -2.17. The quantitative estimate of drug-likeness (QED) is 0.390. The van der Waals surface area contributed by atoms with Crippen LogP contribution in [0.5, 0.6) is 0 Å². The molecule has 0 atom stereocenters. The number of hydrogen-bond acceptors (Lipinski definition) is 4. The summed E-state index contributed by atoms with van der Waals surface area (Å²) in [6.45, 7) is 2.07. The van der Waals surface area contributed by atoms with Gasteiger partial charge in [0.25, 0.3) is 0 Å². The molecule has 1 heterocycles. The first-order valence-electron chi connectivity index (χ1n) is 6.48. The fourth-order valence-electron chi connectivity index (χ4n) is 2.02. The summed E-state index contributed by atoms with van der Waals surface area (Å²) in [7, 11) is 0. The van der Waals surface area contributed by atoms with Crippen molar-refractivity contribution in [3.8, 4) is 0 Å². The second-order valence-electron chi connectivity index (χ2n) is 4.42. The zero-order chi connectivity index (χ0) is 13.3. The second kappa shape index (κ2) is 7.31. The Bertz CT molecular complexity index is 462. The third-order valence-corrected chi connectivity index (χ3v) is 3.02. The van der Waals surface area contributed by atoms with Crippen molar-refractivity contribution in [1.29, 1.82) is 0 Å². The lowest BCUT2D eigenvalue weighted by molar-refractivity contribution is 0.322. The second-order valence-corrected chi connectivity index (χ2v) is 4.42. The number of oxime groups is 1. The van der Waals surface area contributed by atoms with Gasteiger partial charge in [-0.25, -0.2) is 0 Å². The Kier molecular flexibility index (Phi) is 5.10. The maximum atomic E-state index is 8.67. The fourth-order valence-corrected chi connectivity index (χ4v) is 2.02. The molecule has 1 saturated heterocycles. The van der Waals surface area contributed by atoms with E-state index in [-0.39, 0.29) is 0 Å². The Labute approximate surface area is 113 Å². The predicted molar refractivity (Wildman–Crippen MR) is 77.2 cm³/mol. The number of hydrogen-bond donors (Lipinski definition) is 1. The zero-order valence-electron chi connectivity index (χ0n) is 10.8. The summed E-state index contributed by atoms with van der Waals surface area (Å²) >= 11 is 0.